The van der Waals surface area contributed by atoms with Crippen LogP contribution in [0.3, 0.4) is 0 Å². The smallest absolute Gasteiger partial charge is 0.297 e. The normalized spacial score (nSPS) is 19.5. The molecule has 0 saturated heterocycles. The van der Waals surface area contributed by atoms with Gasteiger partial charge in [-0.15, -0.1) is 0 Å². The first-order valence-electron chi connectivity index (χ1n) is 6.96. The maximum absolute atomic E-state index is 11.8. The Hall–Kier alpha value is -2.95. The molecule has 2 aromatic rings. The first kappa shape index (κ1) is 12.8. The molecule has 0 saturated carbocycles. The van der Waals surface area contributed by atoms with Gasteiger partial charge in [0.05, 0.1) is 12.8 Å². The fourth-order valence-electron chi connectivity index (χ4n) is 2.76. The fourth-order valence-corrected chi connectivity index (χ4v) is 2.76. The van der Waals surface area contributed by atoms with Gasteiger partial charge >= 0.3 is 0 Å². The zero-order chi connectivity index (χ0) is 15.1. The Morgan fingerprint density at radius 1 is 1.18 bits per heavy atom. The van der Waals surface area contributed by atoms with Gasteiger partial charge in [0.1, 0.15) is 11.9 Å². The molecule has 4 rings (SSSR count). The molecule has 0 bridgehead atoms. The summed E-state index contributed by atoms with van der Waals surface area (Å²) in [7, 11) is 1.64. The highest BCUT2D eigenvalue weighted by atomic mass is 16.5. The SMILES string of the molecule is COc1cc2ccccc2cc1C1N=C2C(=O)N=CC=C2N1. The van der Waals surface area contributed by atoms with Gasteiger partial charge in [0.2, 0.25) is 0 Å². The number of benzene rings is 2. The summed E-state index contributed by atoms with van der Waals surface area (Å²) in [6.07, 6.45) is 2.91. The molecule has 2 aromatic carbocycles. The highest BCUT2D eigenvalue weighted by molar-refractivity contribution is 6.48. The second-order valence-electron chi connectivity index (χ2n) is 5.13. The van der Waals surface area contributed by atoms with Crippen molar-refractivity contribution in [2.75, 3.05) is 7.11 Å². The van der Waals surface area contributed by atoms with Crippen molar-refractivity contribution in [3.8, 4) is 5.75 Å². The third-order valence-corrected chi connectivity index (χ3v) is 3.83. The van der Waals surface area contributed by atoms with Gasteiger partial charge in [0.25, 0.3) is 5.91 Å². The molecule has 0 aromatic heterocycles. The number of nitrogens with zero attached hydrogens (tertiary/aromatic N) is 2. The summed E-state index contributed by atoms with van der Waals surface area (Å²) < 4.78 is 5.50. The van der Waals surface area contributed by atoms with Crippen LogP contribution >= 0.6 is 0 Å². The van der Waals surface area contributed by atoms with Crippen LogP contribution in [0.25, 0.3) is 10.8 Å². The number of methoxy groups -OCH3 is 1. The quantitative estimate of drug-likeness (QED) is 0.924. The average Bonchev–Trinajstić information content (AvgIpc) is 2.99. The molecule has 0 radical (unpaired) electrons. The van der Waals surface area contributed by atoms with Crippen molar-refractivity contribution in [1.29, 1.82) is 0 Å². The molecule has 5 nitrogen and oxygen atoms in total. The third-order valence-electron chi connectivity index (χ3n) is 3.83. The van der Waals surface area contributed by atoms with E-state index in [1.807, 2.05) is 36.4 Å². The van der Waals surface area contributed by atoms with Gasteiger partial charge in [0.15, 0.2) is 5.71 Å². The lowest BCUT2D eigenvalue weighted by Crippen LogP contribution is -2.21. The Labute approximate surface area is 127 Å². The summed E-state index contributed by atoms with van der Waals surface area (Å²) in [5.74, 6) is 0.431. The van der Waals surface area contributed by atoms with E-state index in [-0.39, 0.29) is 12.1 Å². The van der Waals surface area contributed by atoms with Crippen molar-refractivity contribution >= 4 is 28.6 Å². The number of fused-ring (bicyclic) bond motifs is 2. The Kier molecular flexibility index (Phi) is 2.79. The highest BCUT2D eigenvalue weighted by Crippen LogP contribution is 2.34. The zero-order valence-corrected chi connectivity index (χ0v) is 11.9. The molecular weight excluding hydrogens is 278 g/mol. The minimum absolute atomic E-state index is 0.313. The van der Waals surface area contributed by atoms with Crippen LogP contribution in [0.1, 0.15) is 11.7 Å². The van der Waals surface area contributed by atoms with Gasteiger partial charge in [-0.25, -0.2) is 9.98 Å². The van der Waals surface area contributed by atoms with Crippen molar-refractivity contribution in [3.63, 3.8) is 0 Å². The summed E-state index contributed by atoms with van der Waals surface area (Å²) in [5, 5.41) is 5.45. The van der Waals surface area contributed by atoms with Crippen LogP contribution in [0.4, 0.5) is 0 Å². The number of nitrogens with one attached hydrogen (secondary N) is 1. The third kappa shape index (κ3) is 1.90. The molecule has 2 aliphatic heterocycles. The van der Waals surface area contributed by atoms with E-state index < -0.39 is 0 Å². The van der Waals surface area contributed by atoms with Crippen LogP contribution in [-0.4, -0.2) is 24.9 Å². The highest BCUT2D eigenvalue weighted by Gasteiger charge is 2.30. The fraction of sp³-hybridized carbons (Fsp3) is 0.118. The molecule has 2 heterocycles. The monoisotopic (exact) mass is 291 g/mol. The number of amides is 1. The van der Waals surface area contributed by atoms with E-state index in [2.05, 4.69) is 15.3 Å². The minimum Gasteiger partial charge on any atom is -0.496 e. The average molecular weight is 291 g/mol. The van der Waals surface area contributed by atoms with E-state index in [9.17, 15) is 4.79 Å². The molecule has 1 atom stereocenters. The van der Waals surface area contributed by atoms with E-state index in [1.165, 1.54) is 6.21 Å². The van der Waals surface area contributed by atoms with Crippen LogP contribution in [0, 0.1) is 0 Å². The lowest BCUT2D eigenvalue weighted by molar-refractivity contribution is -0.111. The second-order valence-corrected chi connectivity index (χ2v) is 5.13. The van der Waals surface area contributed by atoms with Gasteiger partial charge in [-0.3, -0.25) is 4.79 Å². The molecule has 1 N–H and O–H groups in total. The Balaban J connectivity index is 1.83. The number of carbonyl (C=O) groups is 1. The van der Waals surface area contributed by atoms with E-state index in [0.717, 1.165) is 22.1 Å². The summed E-state index contributed by atoms with van der Waals surface area (Å²) in [6, 6.07) is 12.1. The molecule has 108 valence electrons. The first-order chi connectivity index (χ1) is 10.8. The number of rotatable bonds is 2. The largest absolute Gasteiger partial charge is 0.496 e. The molecule has 5 heteroatoms. The summed E-state index contributed by atoms with van der Waals surface area (Å²) in [6.45, 7) is 0. The second kappa shape index (κ2) is 4.80. The number of hydrogen-bond acceptors (Lipinski definition) is 4. The molecule has 0 fully saturated rings. The predicted octanol–water partition coefficient (Wildman–Crippen LogP) is 2.39. The number of dihydropyridines is 1. The van der Waals surface area contributed by atoms with E-state index in [4.69, 9.17) is 4.74 Å². The molecule has 22 heavy (non-hydrogen) atoms. The first-order valence-corrected chi connectivity index (χ1v) is 6.96. The molecule has 1 amide bonds. The maximum atomic E-state index is 11.8. The molecule has 1 unspecified atom stereocenters. The van der Waals surface area contributed by atoms with Gasteiger partial charge in [0, 0.05) is 11.8 Å². The molecular formula is C17H13N3O2. The van der Waals surface area contributed by atoms with E-state index >= 15 is 0 Å². The van der Waals surface area contributed by atoms with Crippen LogP contribution < -0.4 is 10.1 Å². The summed E-state index contributed by atoms with van der Waals surface area (Å²) in [5.41, 5.74) is 1.99. The van der Waals surface area contributed by atoms with Crippen LogP contribution in [0.15, 0.2) is 58.2 Å². The number of ether oxygens (including phenoxy) is 1. The van der Waals surface area contributed by atoms with E-state index in [1.54, 1.807) is 13.2 Å². The van der Waals surface area contributed by atoms with Crippen molar-refractivity contribution < 1.29 is 9.53 Å². The van der Waals surface area contributed by atoms with Crippen LogP contribution in [0.5, 0.6) is 5.75 Å². The van der Waals surface area contributed by atoms with Crippen molar-refractivity contribution in [1.82, 2.24) is 5.32 Å². The van der Waals surface area contributed by atoms with Crippen LogP contribution in [-0.2, 0) is 4.79 Å². The maximum Gasteiger partial charge on any atom is 0.297 e. The lowest BCUT2D eigenvalue weighted by atomic mass is 10.0. The van der Waals surface area contributed by atoms with Gasteiger partial charge in [-0.2, -0.15) is 0 Å². The molecule has 0 aliphatic carbocycles. The summed E-state index contributed by atoms with van der Waals surface area (Å²) >= 11 is 0. The predicted molar refractivity (Wildman–Crippen MR) is 85.4 cm³/mol. The van der Waals surface area contributed by atoms with Gasteiger partial charge < -0.3 is 10.1 Å². The summed E-state index contributed by atoms with van der Waals surface area (Å²) in [4.78, 5) is 20.0. The molecule has 0 spiro atoms. The van der Waals surface area contributed by atoms with Gasteiger partial charge in [-0.05, 0) is 29.0 Å². The topological polar surface area (TPSA) is 63.0 Å². The number of aliphatic imine (C=N–C) groups is 2. The van der Waals surface area contributed by atoms with Crippen molar-refractivity contribution in [3.05, 3.63) is 53.7 Å². The van der Waals surface area contributed by atoms with Crippen molar-refractivity contribution in [2.45, 2.75) is 6.17 Å². The van der Waals surface area contributed by atoms with Crippen LogP contribution in [0.2, 0.25) is 0 Å². The van der Waals surface area contributed by atoms with Crippen molar-refractivity contribution in [2.24, 2.45) is 9.98 Å². The number of allylic oxidation sites excluding steroid dienone is 1. The number of carbonyl (C=O) groups excluding carboxylic acids is 1. The Morgan fingerprint density at radius 2 is 1.95 bits per heavy atom. The van der Waals surface area contributed by atoms with E-state index in [0.29, 0.717) is 11.4 Å². The zero-order valence-electron chi connectivity index (χ0n) is 11.9. The standard InChI is InChI=1S/C17H13N3O2/c1-22-14-9-11-5-3-2-4-10(11)8-12(14)16-19-13-6-7-18-17(21)15(13)20-16/h2-9,16,19H,1H3. The lowest BCUT2D eigenvalue weighted by Gasteiger charge is -2.15. The Bertz CT molecular complexity index is 881. The Morgan fingerprint density at radius 3 is 2.68 bits per heavy atom. The minimum atomic E-state index is -0.341. The molecule has 2 aliphatic rings. The number of hydrogen-bond donors (Lipinski definition) is 1. The van der Waals surface area contributed by atoms with Gasteiger partial charge in [-0.1, -0.05) is 24.3 Å².